The standard InChI is InChI=1S/Co.Fe.Mo.Sr.2H/q;;;+2;2*-1. The molecular formula is H2CoFeMoSr. The van der Waals surface area contributed by atoms with Gasteiger partial charge >= 0.3 is 45.5 Å². The molecule has 27 valence electrons. The molecule has 0 saturated heterocycles. The Kier molecular flexibility index (Phi) is 111. The molecule has 4 heavy (non-hydrogen) atoms. The quantitative estimate of drug-likeness (QED) is 0.545. The first kappa shape index (κ1) is 27.1. The fraction of sp³-hybridized carbons (Fsp3) is 0. The molecule has 0 aromatic rings. The number of hydrogen-bond acceptors (Lipinski definition) is 0. The zero-order valence-electron chi connectivity index (χ0n) is 3.80. The molecule has 0 heterocycles. The Bertz CT molecular complexity index is 13.5. The maximum atomic E-state index is 0. The normalized spacial score (nSPS) is 0. The van der Waals surface area contributed by atoms with E-state index in [0.717, 1.165) is 0 Å². The fourth-order valence-corrected chi connectivity index (χ4v) is 0. The summed E-state index contributed by atoms with van der Waals surface area (Å²) in [4.78, 5) is 0. The van der Waals surface area contributed by atoms with Crippen molar-refractivity contribution in [1.29, 1.82) is 0 Å². The van der Waals surface area contributed by atoms with Crippen molar-refractivity contribution in [2.45, 2.75) is 0 Å². The van der Waals surface area contributed by atoms with Crippen molar-refractivity contribution in [2.24, 2.45) is 0 Å². The second kappa shape index (κ2) is 16.4. The Balaban J connectivity index is 0. The van der Waals surface area contributed by atoms with Gasteiger partial charge in [0.2, 0.25) is 0 Å². The molecule has 4 heteroatoms. The molecule has 0 spiro atoms. The van der Waals surface area contributed by atoms with E-state index in [-0.39, 0.29) is 103 Å². The van der Waals surface area contributed by atoms with Crippen LogP contribution in [0.25, 0.3) is 0 Å². The van der Waals surface area contributed by atoms with Gasteiger partial charge in [-0.15, -0.1) is 0 Å². The summed E-state index contributed by atoms with van der Waals surface area (Å²) in [5.41, 5.74) is 0. The maximum absolute atomic E-state index is 0. The Labute approximate surface area is 101 Å². The third-order valence-corrected chi connectivity index (χ3v) is 0. The summed E-state index contributed by atoms with van der Waals surface area (Å²) in [6.45, 7) is 0. The first-order valence-corrected chi connectivity index (χ1v) is 0. The molecule has 0 rings (SSSR count). The van der Waals surface area contributed by atoms with E-state index in [0.29, 0.717) is 0 Å². The zero-order chi connectivity index (χ0) is 0. The summed E-state index contributed by atoms with van der Waals surface area (Å²) in [5.74, 6) is 0. The SMILES string of the molecule is [Co].[Fe].[H-].[H-].[Mo].[Sr+2]. The van der Waals surface area contributed by atoms with E-state index in [1.54, 1.807) is 0 Å². The summed E-state index contributed by atoms with van der Waals surface area (Å²) < 4.78 is 0. The Morgan fingerprint density at radius 1 is 1.25 bits per heavy atom. The minimum absolute atomic E-state index is 0. The Morgan fingerprint density at radius 2 is 1.25 bits per heavy atom. The van der Waals surface area contributed by atoms with Crippen molar-refractivity contribution in [1.82, 2.24) is 0 Å². The molecule has 0 fully saturated rings. The van der Waals surface area contributed by atoms with E-state index < -0.39 is 0 Å². The van der Waals surface area contributed by atoms with Gasteiger partial charge in [-0.3, -0.25) is 0 Å². The molecular weight excluding hydrogens is 298 g/mol. The molecule has 0 nitrogen and oxygen atoms in total. The summed E-state index contributed by atoms with van der Waals surface area (Å²) in [6, 6.07) is 0. The van der Waals surface area contributed by atoms with E-state index in [2.05, 4.69) is 0 Å². The van der Waals surface area contributed by atoms with E-state index in [1.165, 1.54) is 0 Å². The van der Waals surface area contributed by atoms with Gasteiger partial charge in [0.15, 0.2) is 0 Å². The zero-order valence-corrected chi connectivity index (χ0v) is 9.43. The molecule has 0 bridgehead atoms. The average molecular weight is 300 g/mol. The second-order valence-corrected chi connectivity index (χ2v) is 0. The van der Waals surface area contributed by atoms with E-state index in [9.17, 15) is 0 Å². The van der Waals surface area contributed by atoms with Crippen LogP contribution in [0.3, 0.4) is 0 Å². The van der Waals surface area contributed by atoms with Gasteiger partial charge in [-0.05, 0) is 0 Å². The number of hydrogen-bond donors (Lipinski definition) is 0. The van der Waals surface area contributed by atoms with Crippen LogP contribution in [0.2, 0.25) is 0 Å². The van der Waals surface area contributed by atoms with Crippen LogP contribution >= 0.6 is 0 Å². The van der Waals surface area contributed by atoms with Crippen LogP contribution in [0.4, 0.5) is 0 Å². The summed E-state index contributed by atoms with van der Waals surface area (Å²) in [7, 11) is 0. The topological polar surface area (TPSA) is 0 Å². The Hall–Kier alpha value is 3.19. The van der Waals surface area contributed by atoms with E-state index >= 15 is 0 Å². The van der Waals surface area contributed by atoms with Gasteiger partial charge in [-0.25, -0.2) is 0 Å². The van der Waals surface area contributed by atoms with Gasteiger partial charge in [-0.1, -0.05) is 0 Å². The van der Waals surface area contributed by atoms with Gasteiger partial charge in [0, 0.05) is 54.9 Å². The molecule has 0 aliphatic carbocycles. The molecule has 0 atom stereocenters. The second-order valence-electron chi connectivity index (χ2n) is 0. The van der Waals surface area contributed by atoms with Crippen LogP contribution < -0.4 is 0 Å². The third-order valence-electron chi connectivity index (χ3n) is 0. The monoisotopic (exact) mass is 303 g/mol. The van der Waals surface area contributed by atoms with E-state index in [4.69, 9.17) is 0 Å². The van der Waals surface area contributed by atoms with Crippen LogP contribution in [0.1, 0.15) is 2.85 Å². The van der Waals surface area contributed by atoms with Crippen molar-refractivity contribution in [3.05, 3.63) is 0 Å². The van der Waals surface area contributed by atoms with Crippen LogP contribution in [0.15, 0.2) is 0 Å². The predicted molar refractivity (Wildman–Crippen MR) is 7.98 cm³/mol. The van der Waals surface area contributed by atoms with Crippen LogP contribution in [-0.2, 0) is 54.9 Å². The smallest absolute Gasteiger partial charge is 1.00 e. The van der Waals surface area contributed by atoms with Crippen molar-refractivity contribution < 1.29 is 57.8 Å². The molecule has 0 aliphatic rings. The van der Waals surface area contributed by atoms with Gasteiger partial charge in [0.25, 0.3) is 0 Å². The van der Waals surface area contributed by atoms with Gasteiger partial charge < -0.3 is 2.85 Å². The molecule has 0 saturated carbocycles. The van der Waals surface area contributed by atoms with Crippen LogP contribution in [0, 0.1) is 0 Å². The summed E-state index contributed by atoms with van der Waals surface area (Å²) in [5, 5.41) is 0. The van der Waals surface area contributed by atoms with Gasteiger partial charge in [-0.2, -0.15) is 0 Å². The Morgan fingerprint density at radius 3 is 1.25 bits per heavy atom. The molecule has 1 radical (unpaired) electrons. The largest absolute Gasteiger partial charge is 2.00 e. The van der Waals surface area contributed by atoms with Crippen molar-refractivity contribution in [2.75, 3.05) is 0 Å². The van der Waals surface area contributed by atoms with Crippen LogP contribution in [-0.4, -0.2) is 45.5 Å². The minimum atomic E-state index is 0. The maximum Gasteiger partial charge on any atom is 2.00 e. The van der Waals surface area contributed by atoms with Gasteiger partial charge in [0.1, 0.15) is 0 Å². The summed E-state index contributed by atoms with van der Waals surface area (Å²) in [6.07, 6.45) is 0. The van der Waals surface area contributed by atoms with Gasteiger partial charge in [0.05, 0.1) is 0 Å². The predicted octanol–water partition coefficient (Wildman–Crippen LogP) is -0.163. The van der Waals surface area contributed by atoms with Crippen LogP contribution in [0.5, 0.6) is 0 Å². The molecule has 0 aromatic heterocycles. The first-order valence-electron chi connectivity index (χ1n) is 0. The molecule has 0 aromatic carbocycles. The minimum Gasteiger partial charge on any atom is -1.00 e. The molecule has 0 unspecified atom stereocenters. The molecule has 0 N–H and O–H groups in total. The summed E-state index contributed by atoms with van der Waals surface area (Å²) >= 11 is 0. The average Bonchev–Trinajstić information content (AvgIpc) is 0. The van der Waals surface area contributed by atoms with Crippen molar-refractivity contribution in [3.63, 3.8) is 0 Å². The molecule has 0 amide bonds. The number of rotatable bonds is 0. The van der Waals surface area contributed by atoms with Crippen molar-refractivity contribution in [3.8, 4) is 0 Å². The molecule has 0 aliphatic heterocycles. The third kappa shape index (κ3) is 8.96. The fourth-order valence-electron chi connectivity index (χ4n) is 0. The van der Waals surface area contributed by atoms with E-state index in [1.807, 2.05) is 0 Å². The van der Waals surface area contributed by atoms with Crippen molar-refractivity contribution >= 4 is 45.5 Å². The first-order chi connectivity index (χ1) is 0.